The lowest BCUT2D eigenvalue weighted by Crippen LogP contribution is -2.18. The zero-order valence-electron chi connectivity index (χ0n) is 12.0. The molecule has 1 heterocycles. The molecule has 1 unspecified atom stereocenters. The van der Waals surface area contributed by atoms with Gasteiger partial charge in [-0.15, -0.1) is 0 Å². The molecule has 2 aromatic rings. The molecule has 1 N–H and O–H groups in total. The number of ether oxygens (including phenoxy) is 1. The van der Waals surface area contributed by atoms with Crippen LogP contribution in [0.3, 0.4) is 0 Å². The van der Waals surface area contributed by atoms with Crippen LogP contribution in [-0.4, -0.2) is 11.6 Å². The third kappa shape index (κ3) is 4.49. The summed E-state index contributed by atoms with van der Waals surface area (Å²) in [6, 6.07) is 8.77. The highest BCUT2D eigenvalue weighted by Crippen LogP contribution is 2.19. The van der Waals surface area contributed by atoms with E-state index in [4.69, 9.17) is 0 Å². The Morgan fingerprint density at radius 3 is 2.52 bits per heavy atom. The van der Waals surface area contributed by atoms with E-state index < -0.39 is 6.61 Å². The van der Waals surface area contributed by atoms with Gasteiger partial charge in [0, 0.05) is 25.0 Å². The second-order valence-electron chi connectivity index (χ2n) is 4.85. The van der Waals surface area contributed by atoms with Crippen LogP contribution in [0.5, 0.6) is 5.75 Å². The number of aromatic nitrogens is 1. The molecule has 112 valence electrons. The first-order valence-corrected chi connectivity index (χ1v) is 6.74. The summed E-state index contributed by atoms with van der Waals surface area (Å²) in [6.07, 6.45) is 3.60. The standard InChI is InChI=1S/C16H18F2N2O/c1-11-9-19-8-7-14(11)10-20-12(2)13-3-5-15(6-4-13)21-16(17)18/h3-9,12,16,20H,10H2,1-2H3. The molecule has 0 saturated carbocycles. The maximum Gasteiger partial charge on any atom is 0.387 e. The van der Waals surface area contributed by atoms with Gasteiger partial charge in [-0.05, 0) is 48.7 Å². The van der Waals surface area contributed by atoms with Crippen molar-refractivity contribution in [3.63, 3.8) is 0 Å². The molecule has 0 saturated heterocycles. The highest BCUT2D eigenvalue weighted by atomic mass is 19.3. The number of hydrogen-bond donors (Lipinski definition) is 1. The lowest BCUT2D eigenvalue weighted by atomic mass is 10.1. The highest BCUT2D eigenvalue weighted by Gasteiger charge is 2.08. The Morgan fingerprint density at radius 1 is 1.19 bits per heavy atom. The number of rotatable bonds is 6. The van der Waals surface area contributed by atoms with Gasteiger partial charge in [0.2, 0.25) is 0 Å². The molecule has 21 heavy (non-hydrogen) atoms. The largest absolute Gasteiger partial charge is 0.435 e. The summed E-state index contributed by atoms with van der Waals surface area (Å²) in [4.78, 5) is 4.06. The summed E-state index contributed by atoms with van der Waals surface area (Å²) in [7, 11) is 0. The molecule has 0 fully saturated rings. The fourth-order valence-corrected chi connectivity index (χ4v) is 2.02. The zero-order chi connectivity index (χ0) is 15.2. The molecule has 0 bridgehead atoms. The van der Waals surface area contributed by atoms with Crippen molar-refractivity contribution >= 4 is 0 Å². The van der Waals surface area contributed by atoms with Gasteiger partial charge in [0.15, 0.2) is 0 Å². The second kappa shape index (κ2) is 7.13. The van der Waals surface area contributed by atoms with Crippen LogP contribution in [0, 0.1) is 6.92 Å². The Morgan fingerprint density at radius 2 is 1.90 bits per heavy atom. The number of halogens is 2. The summed E-state index contributed by atoms with van der Waals surface area (Å²) in [6.45, 7) is 1.98. The van der Waals surface area contributed by atoms with E-state index in [-0.39, 0.29) is 11.8 Å². The zero-order valence-corrected chi connectivity index (χ0v) is 12.0. The average Bonchev–Trinajstić information content (AvgIpc) is 2.46. The minimum Gasteiger partial charge on any atom is -0.435 e. The molecule has 1 aromatic carbocycles. The molecular formula is C16H18F2N2O. The predicted molar refractivity (Wildman–Crippen MR) is 77.3 cm³/mol. The van der Waals surface area contributed by atoms with Crippen molar-refractivity contribution in [2.24, 2.45) is 0 Å². The van der Waals surface area contributed by atoms with Crippen molar-refractivity contribution in [3.05, 3.63) is 59.4 Å². The number of benzene rings is 1. The van der Waals surface area contributed by atoms with Gasteiger partial charge >= 0.3 is 6.61 Å². The SMILES string of the molecule is Cc1cnccc1CNC(C)c1ccc(OC(F)F)cc1. The third-order valence-electron chi connectivity index (χ3n) is 3.34. The molecule has 3 nitrogen and oxygen atoms in total. The van der Waals surface area contributed by atoms with Crippen LogP contribution in [0.2, 0.25) is 0 Å². The number of aryl methyl sites for hydroxylation is 1. The maximum absolute atomic E-state index is 12.1. The van der Waals surface area contributed by atoms with Gasteiger partial charge in [-0.3, -0.25) is 4.98 Å². The summed E-state index contributed by atoms with van der Waals surface area (Å²) in [5.74, 6) is 0.172. The van der Waals surface area contributed by atoms with E-state index in [0.717, 1.165) is 17.7 Å². The lowest BCUT2D eigenvalue weighted by Gasteiger charge is -2.15. The van der Waals surface area contributed by atoms with E-state index in [1.165, 1.54) is 5.56 Å². The van der Waals surface area contributed by atoms with Crippen molar-refractivity contribution in [3.8, 4) is 5.75 Å². The van der Waals surface area contributed by atoms with Crippen molar-refractivity contribution in [2.45, 2.75) is 33.0 Å². The predicted octanol–water partition coefficient (Wildman–Crippen LogP) is 3.84. The van der Waals surface area contributed by atoms with Crippen LogP contribution in [0.1, 0.15) is 29.7 Å². The van der Waals surface area contributed by atoms with Crippen molar-refractivity contribution < 1.29 is 13.5 Å². The molecule has 1 aromatic heterocycles. The summed E-state index contributed by atoms with van der Waals surface area (Å²) in [5, 5.41) is 3.40. The first-order chi connectivity index (χ1) is 10.1. The first-order valence-electron chi connectivity index (χ1n) is 6.74. The molecule has 0 amide bonds. The minimum absolute atomic E-state index is 0.109. The molecular weight excluding hydrogens is 274 g/mol. The van der Waals surface area contributed by atoms with Gasteiger partial charge in [-0.25, -0.2) is 0 Å². The minimum atomic E-state index is -2.79. The van der Waals surface area contributed by atoms with E-state index in [2.05, 4.69) is 15.0 Å². The Balaban J connectivity index is 1.94. The van der Waals surface area contributed by atoms with Crippen LogP contribution in [0.4, 0.5) is 8.78 Å². The number of alkyl halides is 2. The smallest absolute Gasteiger partial charge is 0.387 e. The highest BCUT2D eigenvalue weighted by molar-refractivity contribution is 5.29. The fourth-order valence-electron chi connectivity index (χ4n) is 2.02. The van der Waals surface area contributed by atoms with Gasteiger partial charge in [0.25, 0.3) is 0 Å². The molecule has 0 radical (unpaired) electrons. The molecule has 0 aliphatic carbocycles. The summed E-state index contributed by atoms with van der Waals surface area (Å²) < 4.78 is 28.5. The van der Waals surface area contributed by atoms with Crippen LogP contribution in [0.15, 0.2) is 42.7 Å². The molecule has 0 spiro atoms. The van der Waals surface area contributed by atoms with E-state index in [0.29, 0.717) is 0 Å². The van der Waals surface area contributed by atoms with E-state index in [9.17, 15) is 8.78 Å². The summed E-state index contributed by atoms with van der Waals surface area (Å²) >= 11 is 0. The van der Waals surface area contributed by atoms with Crippen LogP contribution < -0.4 is 10.1 Å². The van der Waals surface area contributed by atoms with E-state index in [1.807, 2.05) is 26.1 Å². The summed E-state index contributed by atoms with van der Waals surface area (Å²) in [5.41, 5.74) is 3.34. The van der Waals surface area contributed by atoms with Crippen molar-refractivity contribution in [1.29, 1.82) is 0 Å². The number of nitrogens with zero attached hydrogens (tertiary/aromatic N) is 1. The van der Waals surface area contributed by atoms with Gasteiger partial charge < -0.3 is 10.1 Å². The van der Waals surface area contributed by atoms with Gasteiger partial charge in [0.1, 0.15) is 5.75 Å². The van der Waals surface area contributed by atoms with Crippen LogP contribution >= 0.6 is 0 Å². The number of pyridine rings is 1. The third-order valence-corrected chi connectivity index (χ3v) is 3.34. The van der Waals surface area contributed by atoms with Gasteiger partial charge in [-0.2, -0.15) is 8.78 Å². The monoisotopic (exact) mass is 292 g/mol. The van der Waals surface area contributed by atoms with Gasteiger partial charge in [-0.1, -0.05) is 12.1 Å². The fraction of sp³-hybridized carbons (Fsp3) is 0.312. The normalized spacial score (nSPS) is 12.4. The Kier molecular flexibility index (Phi) is 5.22. The number of hydrogen-bond acceptors (Lipinski definition) is 3. The van der Waals surface area contributed by atoms with E-state index in [1.54, 1.807) is 30.5 Å². The van der Waals surface area contributed by atoms with Crippen molar-refractivity contribution in [2.75, 3.05) is 0 Å². The number of nitrogens with one attached hydrogen (secondary N) is 1. The molecule has 2 rings (SSSR count). The average molecular weight is 292 g/mol. The Hall–Kier alpha value is -2.01. The first kappa shape index (κ1) is 15.4. The van der Waals surface area contributed by atoms with Gasteiger partial charge in [0.05, 0.1) is 0 Å². The second-order valence-corrected chi connectivity index (χ2v) is 4.85. The molecule has 1 atom stereocenters. The topological polar surface area (TPSA) is 34.2 Å². The molecule has 0 aliphatic rings. The quantitative estimate of drug-likeness (QED) is 0.878. The molecule has 0 aliphatic heterocycles. The van der Waals surface area contributed by atoms with Crippen LogP contribution in [-0.2, 0) is 6.54 Å². The maximum atomic E-state index is 12.1. The lowest BCUT2D eigenvalue weighted by molar-refractivity contribution is -0.0498. The Bertz CT molecular complexity index is 573. The Labute approximate surface area is 123 Å². The van der Waals surface area contributed by atoms with E-state index >= 15 is 0 Å². The van der Waals surface area contributed by atoms with Crippen molar-refractivity contribution in [1.82, 2.24) is 10.3 Å². The van der Waals surface area contributed by atoms with Crippen LogP contribution in [0.25, 0.3) is 0 Å². The molecule has 5 heteroatoms.